The number of fused-ring (bicyclic) bond motifs is 5. The van der Waals surface area contributed by atoms with Crippen LogP contribution in [0.1, 0.15) is 149 Å². The average molecular weight is 688 g/mol. The Bertz CT molecular complexity index is 1190. The number of hydrogen-bond donors (Lipinski definition) is 5. The first-order valence-electron chi connectivity index (χ1n) is 21.3. The van der Waals surface area contributed by atoms with Crippen molar-refractivity contribution in [3.8, 4) is 0 Å². The molecule has 0 spiro atoms. The van der Waals surface area contributed by atoms with Gasteiger partial charge in [-0.2, -0.15) is 8.42 Å². The summed E-state index contributed by atoms with van der Waals surface area (Å²) in [5.41, 5.74) is 5.85. The van der Waals surface area contributed by atoms with Gasteiger partial charge in [-0.05, 0) is 162 Å². The van der Waals surface area contributed by atoms with Crippen LogP contribution in [-0.4, -0.2) is 62.5 Å². The van der Waals surface area contributed by atoms with E-state index in [4.69, 9.17) is 15.4 Å². The first-order chi connectivity index (χ1) is 23.8. The Balaban J connectivity index is 1.27. The Morgan fingerprint density at radius 2 is 1.60 bits per heavy atom. The van der Waals surface area contributed by atoms with Crippen LogP contribution in [-0.2, 0) is 14.6 Å². The second-order valence-corrected chi connectivity index (χ2v) is 17.8. The molecule has 4 aliphatic carbocycles. The van der Waals surface area contributed by atoms with Crippen LogP contribution in [0, 0.1) is 52.2 Å². The van der Waals surface area contributed by atoms with E-state index in [0.29, 0.717) is 36.1 Å². The summed E-state index contributed by atoms with van der Waals surface area (Å²) in [5, 5.41) is 19.4. The molecule has 9 heteroatoms. The molecule has 276 valence electrons. The van der Waals surface area contributed by atoms with Gasteiger partial charge in [0.15, 0.2) is 0 Å². The molecular formula is C38H73N3O5S. The first kappa shape index (κ1) is 33.8. The summed E-state index contributed by atoms with van der Waals surface area (Å²) in [6, 6.07) is 0.524. The van der Waals surface area contributed by atoms with Crippen LogP contribution in [0.2, 0.25) is 0 Å². The minimum atomic E-state index is -4.92. The van der Waals surface area contributed by atoms with Gasteiger partial charge in [-0.25, -0.2) is 4.18 Å². The number of hydrogen-bond acceptors (Lipinski definition) is 7. The summed E-state index contributed by atoms with van der Waals surface area (Å²) in [7, 11) is -4.92. The lowest BCUT2D eigenvalue weighted by Gasteiger charge is -2.62. The van der Waals surface area contributed by atoms with Crippen molar-refractivity contribution >= 4 is 10.4 Å². The van der Waals surface area contributed by atoms with Gasteiger partial charge >= 0.3 is 10.4 Å². The van der Waals surface area contributed by atoms with Gasteiger partial charge in [0.1, 0.15) is 0 Å². The first-order valence-corrected chi connectivity index (χ1v) is 20.7. The van der Waals surface area contributed by atoms with Crippen molar-refractivity contribution in [3.63, 3.8) is 0 Å². The minimum absolute atomic E-state index is 0.0374. The van der Waals surface area contributed by atoms with E-state index in [9.17, 15) is 18.1 Å². The van der Waals surface area contributed by atoms with E-state index < -0.39 is 29.2 Å². The Morgan fingerprint density at radius 1 is 0.915 bits per heavy atom. The number of aliphatic hydroxyl groups excluding tert-OH is 1. The Labute approximate surface area is 294 Å². The molecular weight excluding hydrogens is 611 g/mol. The third kappa shape index (κ3) is 10.2. The van der Waals surface area contributed by atoms with E-state index in [1.165, 1.54) is 44.9 Å². The predicted molar refractivity (Wildman–Crippen MR) is 192 cm³/mol. The SMILES string of the molecule is [2H]C([2H])([2H])C([2H])(C)C(CC[C@@H](C)[C@H]1CCC2C3C(O)C[C@H]4C[C@@H](NCCCNCCCCCCCCN)CC[C@]4(C)C3CC[C@@]21C)OS(=O)(=O)O. The molecule has 6 N–H and O–H groups in total. The number of unbranched alkanes of at least 4 members (excludes halogenated alkanes) is 5. The molecule has 0 aromatic heterocycles. The molecule has 8 nitrogen and oxygen atoms in total. The molecule has 0 saturated heterocycles. The molecule has 47 heavy (non-hydrogen) atoms. The van der Waals surface area contributed by atoms with Crippen molar-refractivity contribution in [1.29, 1.82) is 0 Å². The fraction of sp³-hybridized carbons (Fsp3) is 1.00. The summed E-state index contributed by atoms with van der Waals surface area (Å²) in [4.78, 5) is 0. The van der Waals surface area contributed by atoms with Gasteiger partial charge in [-0.1, -0.05) is 60.2 Å². The number of rotatable bonds is 20. The lowest BCUT2D eigenvalue weighted by Crippen LogP contribution is -2.59. The third-order valence-corrected chi connectivity index (χ3v) is 14.3. The molecule has 12 atom stereocenters. The fourth-order valence-corrected chi connectivity index (χ4v) is 11.8. The summed E-state index contributed by atoms with van der Waals surface area (Å²) in [5.74, 6) is 0.0419. The van der Waals surface area contributed by atoms with Gasteiger partial charge in [-0.3, -0.25) is 4.55 Å². The topological polar surface area (TPSA) is 134 Å². The Hall–Kier alpha value is -0.290. The van der Waals surface area contributed by atoms with Crippen molar-refractivity contribution in [1.82, 2.24) is 10.6 Å². The van der Waals surface area contributed by atoms with Gasteiger partial charge in [0, 0.05) is 11.5 Å². The lowest BCUT2D eigenvalue weighted by molar-refractivity contribution is -0.167. The molecule has 0 bridgehead atoms. The second kappa shape index (κ2) is 17.8. The molecule has 0 heterocycles. The normalized spacial score (nSPS) is 39.7. The van der Waals surface area contributed by atoms with Gasteiger partial charge in [-0.15, -0.1) is 0 Å². The summed E-state index contributed by atoms with van der Waals surface area (Å²) >= 11 is 0. The van der Waals surface area contributed by atoms with Crippen molar-refractivity contribution in [2.75, 3.05) is 26.2 Å². The van der Waals surface area contributed by atoms with Crippen LogP contribution in [0.5, 0.6) is 0 Å². The number of aliphatic hydroxyl groups is 1. The largest absolute Gasteiger partial charge is 0.397 e. The molecule has 4 saturated carbocycles. The maximum absolute atomic E-state index is 11.9. The van der Waals surface area contributed by atoms with E-state index in [2.05, 4.69) is 31.4 Å². The summed E-state index contributed by atoms with van der Waals surface area (Å²) < 4.78 is 69.4. The molecule has 4 aliphatic rings. The zero-order valence-electron chi connectivity index (χ0n) is 34.2. The van der Waals surface area contributed by atoms with Crippen molar-refractivity contribution in [2.45, 2.75) is 162 Å². The number of nitrogens with one attached hydrogen (secondary N) is 2. The smallest absolute Gasteiger partial charge is 0.393 e. The highest BCUT2D eigenvalue weighted by Gasteiger charge is 2.62. The van der Waals surface area contributed by atoms with Gasteiger partial charge < -0.3 is 21.5 Å². The highest BCUT2D eigenvalue weighted by atomic mass is 32.3. The highest BCUT2D eigenvalue weighted by molar-refractivity contribution is 7.80. The monoisotopic (exact) mass is 688 g/mol. The van der Waals surface area contributed by atoms with Crippen LogP contribution in [0.4, 0.5) is 0 Å². The molecule has 0 aromatic rings. The van der Waals surface area contributed by atoms with Gasteiger partial charge in [0.25, 0.3) is 0 Å². The van der Waals surface area contributed by atoms with E-state index in [1.807, 2.05) is 0 Å². The fourth-order valence-electron chi connectivity index (χ4n) is 11.2. The Morgan fingerprint density at radius 3 is 2.32 bits per heavy atom. The standard InChI is InChI=1S/C38H73N3O5S/c1-27(2)35(46-47(43,44)45)16-13-28(3)31-14-15-32-36-33(18-20-38(31,32)5)37(4)19-17-30(25-29(37)26-34(36)42)41-24-12-23-40-22-11-9-7-6-8-10-21-39/h27-36,40-42H,6-26,39H2,1-5H3,(H,43,44,45)/t28-,29-,30+,31-,32?,33?,34?,35?,36?,37+,38-/m1/s1/i1D3,27D/t27?,28-,29-,30+,31-,32?,33?,34?,35?,36?,37+,38-. The zero-order valence-corrected chi connectivity index (χ0v) is 31.0. The molecule has 4 fully saturated rings. The highest BCUT2D eigenvalue weighted by Crippen LogP contribution is 2.68. The predicted octanol–water partition coefficient (Wildman–Crippen LogP) is 7.11. The third-order valence-electron chi connectivity index (χ3n) is 13.8. The van der Waals surface area contributed by atoms with E-state index in [1.54, 1.807) is 0 Å². The summed E-state index contributed by atoms with van der Waals surface area (Å²) in [6.07, 6.45) is 16.2. The number of nitrogens with two attached hydrogens (primary N) is 1. The Kier molecular flexibility index (Phi) is 12.8. The maximum Gasteiger partial charge on any atom is 0.397 e. The van der Waals surface area contributed by atoms with Gasteiger partial charge in [0.05, 0.1) is 12.2 Å². The summed E-state index contributed by atoms with van der Waals surface area (Å²) in [6.45, 7) is 9.45. The molecule has 0 aromatic carbocycles. The minimum Gasteiger partial charge on any atom is -0.393 e. The van der Waals surface area contributed by atoms with Crippen molar-refractivity contribution < 1.29 is 27.7 Å². The second-order valence-electron chi connectivity index (χ2n) is 16.7. The average Bonchev–Trinajstić information content (AvgIpc) is 3.40. The van der Waals surface area contributed by atoms with Crippen LogP contribution in [0.3, 0.4) is 0 Å². The van der Waals surface area contributed by atoms with Crippen LogP contribution in [0.15, 0.2) is 0 Å². The molecule has 0 aliphatic heterocycles. The van der Waals surface area contributed by atoms with E-state index in [-0.39, 0.29) is 35.2 Å². The van der Waals surface area contributed by atoms with Gasteiger partial charge in [0.2, 0.25) is 0 Å². The lowest BCUT2D eigenvalue weighted by atomic mass is 9.43. The molecule has 4 rings (SSSR count). The van der Waals surface area contributed by atoms with Crippen molar-refractivity contribution in [3.05, 3.63) is 0 Å². The molecule has 0 amide bonds. The maximum atomic E-state index is 11.9. The van der Waals surface area contributed by atoms with E-state index in [0.717, 1.165) is 84.5 Å². The van der Waals surface area contributed by atoms with Crippen LogP contribution in [0.25, 0.3) is 0 Å². The quantitative estimate of drug-likeness (QED) is 0.0676. The van der Waals surface area contributed by atoms with Crippen LogP contribution < -0.4 is 16.4 Å². The van der Waals surface area contributed by atoms with Crippen molar-refractivity contribution in [2.24, 2.45) is 58.0 Å². The van der Waals surface area contributed by atoms with E-state index >= 15 is 0 Å². The molecule has 6 unspecified atom stereocenters. The van der Waals surface area contributed by atoms with Crippen LogP contribution >= 0.6 is 0 Å². The molecule has 0 radical (unpaired) electrons. The zero-order chi connectivity index (χ0) is 37.7.